The van der Waals surface area contributed by atoms with Gasteiger partial charge in [0.05, 0.1) is 0 Å². The lowest BCUT2D eigenvalue weighted by Gasteiger charge is -2.32. The van der Waals surface area contributed by atoms with Crippen LogP contribution in [-0.2, 0) is 6.54 Å². The first-order valence-electron chi connectivity index (χ1n) is 9.46. The van der Waals surface area contributed by atoms with Crippen molar-refractivity contribution in [2.24, 2.45) is 0 Å². The second-order valence-corrected chi connectivity index (χ2v) is 7.76. The van der Waals surface area contributed by atoms with Crippen LogP contribution in [0.2, 0.25) is 5.02 Å². The molecule has 1 fully saturated rings. The topological polar surface area (TPSA) is 45.5 Å². The number of carbonyl (C=O) groups excluding carboxylic acids is 1. The Morgan fingerprint density at radius 1 is 1.21 bits per heavy atom. The Labute approximate surface area is 168 Å². The minimum absolute atomic E-state index is 0.0893. The summed E-state index contributed by atoms with van der Waals surface area (Å²) in [6, 6.07) is 12.7. The van der Waals surface area contributed by atoms with E-state index in [1.54, 1.807) is 19.1 Å². The number of halogens is 2. The van der Waals surface area contributed by atoms with Gasteiger partial charge in [-0.2, -0.15) is 0 Å². The highest BCUT2D eigenvalue weighted by atomic mass is 35.5. The first kappa shape index (κ1) is 19.0. The zero-order valence-electron chi connectivity index (χ0n) is 15.7. The molecule has 2 heterocycles. The largest absolute Gasteiger partial charge is 0.448 e. The molecule has 1 aliphatic rings. The highest BCUT2D eigenvalue weighted by Crippen LogP contribution is 2.27. The number of hydrogen-bond donors (Lipinski definition) is 1. The van der Waals surface area contributed by atoms with Crippen LogP contribution in [0.15, 0.2) is 46.9 Å². The Hall–Kier alpha value is -2.37. The average Bonchev–Trinajstić information content (AvgIpc) is 3.03. The van der Waals surface area contributed by atoms with E-state index in [0.717, 1.165) is 37.5 Å². The van der Waals surface area contributed by atoms with Crippen molar-refractivity contribution in [1.29, 1.82) is 0 Å². The van der Waals surface area contributed by atoms with E-state index in [9.17, 15) is 9.18 Å². The van der Waals surface area contributed by atoms with E-state index in [1.807, 2.05) is 24.3 Å². The number of fused-ring (bicyclic) bond motifs is 1. The summed E-state index contributed by atoms with van der Waals surface area (Å²) in [6.45, 7) is 4.47. The minimum atomic E-state index is -0.449. The lowest BCUT2D eigenvalue weighted by atomic mass is 10.0. The molecule has 4 rings (SSSR count). The normalized spacial score (nSPS) is 15.8. The van der Waals surface area contributed by atoms with Crippen molar-refractivity contribution in [2.75, 3.05) is 13.1 Å². The molecule has 146 valence electrons. The second kappa shape index (κ2) is 7.94. The molecule has 0 spiro atoms. The molecular formula is C22H22ClFN2O2. The zero-order chi connectivity index (χ0) is 19.7. The predicted octanol–water partition coefficient (Wildman–Crippen LogP) is 4.93. The van der Waals surface area contributed by atoms with Gasteiger partial charge in [0, 0.05) is 41.6 Å². The number of amides is 1. The molecule has 3 aromatic rings. The molecule has 1 N–H and O–H groups in total. The summed E-state index contributed by atoms with van der Waals surface area (Å²) in [5.74, 6) is -0.525. The van der Waals surface area contributed by atoms with E-state index < -0.39 is 5.82 Å². The fourth-order valence-corrected chi connectivity index (χ4v) is 3.89. The van der Waals surface area contributed by atoms with Crippen molar-refractivity contribution >= 4 is 28.5 Å². The van der Waals surface area contributed by atoms with Crippen LogP contribution in [0, 0.1) is 12.7 Å². The lowest BCUT2D eigenvalue weighted by Crippen LogP contribution is -2.44. The number of nitrogens with zero attached hydrogens (tertiary/aromatic N) is 1. The molecule has 1 aromatic heterocycles. The zero-order valence-corrected chi connectivity index (χ0v) is 16.4. The molecule has 28 heavy (non-hydrogen) atoms. The quantitative estimate of drug-likeness (QED) is 0.675. The van der Waals surface area contributed by atoms with Crippen molar-refractivity contribution in [1.82, 2.24) is 10.2 Å². The molecule has 1 aliphatic heterocycles. The Kier molecular flexibility index (Phi) is 5.38. The second-order valence-electron chi connectivity index (χ2n) is 7.32. The van der Waals surface area contributed by atoms with Gasteiger partial charge >= 0.3 is 0 Å². The number of likely N-dealkylation sites (tertiary alicyclic amines) is 1. The van der Waals surface area contributed by atoms with Crippen molar-refractivity contribution in [2.45, 2.75) is 32.4 Å². The molecule has 2 aromatic carbocycles. The number of para-hydroxylation sites is 1. The minimum Gasteiger partial charge on any atom is -0.448 e. The van der Waals surface area contributed by atoms with Crippen LogP contribution in [0.3, 0.4) is 0 Å². The van der Waals surface area contributed by atoms with E-state index in [-0.39, 0.29) is 23.3 Å². The number of hydrogen-bond acceptors (Lipinski definition) is 3. The van der Waals surface area contributed by atoms with Gasteiger partial charge in [-0.25, -0.2) is 4.39 Å². The maximum atomic E-state index is 13.9. The monoisotopic (exact) mass is 400 g/mol. The Bertz CT molecular complexity index is 992. The number of aryl methyl sites for hydroxylation is 1. The van der Waals surface area contributed by atoms with Gasteiger partial charge in [-0.05, 0) is 43.5 Å². The summed E-state index contributed by atoms with van der Waals surface area (Å²) in [5.41, 5.74) is 2.04. The number of rotatable bonds is 4. The van der Waals surface area contributed by atoms with E-state index >= 15 is 0 Å². The van der Waals surface area contributed by atoms with Gasteiger partial charge in [0.1, 0.15) is 0 Å². The van der Waals surface area contributed by atoms with Crippen LogP contribution in [0.1, 0.15) is 34.5 Å². The van der Waals surface area contributed by atoms with Crippen LogP contribution in [-0.4, -0.2) is 29.9 Å². The number of carbonyl (C=O) groups is 1. The molecule has 0 radical (unpaired) electrons. The average molecular weight is 401 g/mol. The van der Waals surface area contributed by atoms with Crippen LogP contribution in [0.4, 0.5) is 4.39 Å². The summed E-state index contributed by atoms with van der Waals surface area (Å²) < 4.78 is 19.4. The number of benzene rings is 2. The molecule has 0 bridgehead atoms. The van der Waals surface area contributed by atoms with Crippen LogP contribution >= 0.6 is 11.6 Å². The number of furan rings is 1. The Morgan fingerprint density at radius 2 is 1.93 bits per heavy atom. The van der Waals surface area contributed by atoms with Crippen molar-refractivity contribution < 1.29 is 13.6 Å². The molecule has 0 atom stereocenters. The third kappa shape index (κ3) is 3.91. The number of piperidine rings is 1. The Balaban J connectivity index is 1.36. The first-order chi connectivity index (χ1) is 13.5. The van der Waals surface area contributed by atoms with Crippen LogP contribution < -0.4 is 5.32 Å². The molecule has 0 unspecified atom stereocenters. The third-order valence-electron chi connectivity index (χ3n) is 5.36. The third-order valence-corrected chi connectivity index (χ3v) is 5.62. The maximum Gasteiger partial charge on any atom is 0.287 e. The van der Waals surface area contributed by atoms with Gasteiger partial charge in [-0.1, -0.05) is 35.9 Å². The van der Waals surface area contributed by atoms with Gasteiger partial charge in [0.25, 0.3) is 5.91 Å². The van der Waals surface area contributed by atoms with Gasteiger partial charge in [0.15, 0.2) is 17.2 Å². The molecule has 0 saturated carbocycles. The predicted molar refractivity (Wildman–Crippen MR) is 108 cm³/mol. The Morgan fingerprint density at radius 3 is 2.61 bits per heavy atom. The summed E-state index contributed by atoms with van der Waals surface area (Å²) >= 11 is 5.94. The van der Waals surface area contributed by atoms with Crippen molar-refractivity contribution in [3.63, 3.8) is 0 Å². The van der Waals surface area contributed by atoms with Gasteiger partial charge in [-0.3, -0.25) is 9.69 Å². The highest BCUT2D eigenvalue weighted by molar-refractivity contribution is 6.30. The maximum absolute atomic E-state index is 13.9. The van der Waals surface area contributed by atoms with E-state index in [0.29, 0.717) is 10.9 Å². The number of nitrogens with one attached hydrogen (secondary N) is 1. The summed E-state index contributed by atoms with van der Waals surface area (Å²) in [7, 11) is 0. The summed E-state index contributed by atoms with van der Waals surface area (Å²) in [5, 5.41) is 4.43. The molecular weight excluding hydrogens is 379 g/mol. The lowest BCUT2D eigenvalue weighted by molar-refractivity contribution is 0.0882. The van der Waals surface area contributed by atoms with Gasteiger partial charge in [0.2, 0.25) is 0 Å². The fourth-order valence-electron chi connectivity index (χ4n) is 3.76. The van der Waals surface area contributed by atoms with Crippen molar-refractivity contribution in [3.8, 4) is 0 Å². The molecule has 6 heteroatoms. The van der Waals surface area contributed by atoms with E-state index in [2.05, 4.69) is 10.2 Å². The highest BCUT2D eigenvalue weighted by Gasteiger charge is 2.25. The molecule has 0 aliphatic carbocycles. The smallest absolute Gasteiger partial charge is 0.287 e. The fraction of sp³-hybridized carbons (Fsp3) is 0.318. The molecule has 1 saturated heterocycles. The van der Waals surface area contributed by atoms with Crippen molar-refractivity contribution in [3.05, 3.63) is 70.2 Å². The SMILES string of the molecule is Cc1c(C(=O)NC2CCN(Cc3ccc(Cl)cc3)CC2)oc2c(F)cccc12. The standard InChI is InChI=1S/C22H22ClFN2O2/c1-14-18-3-2-4-19(24)21(18)28-20(14)22(27)25-17-9-11-26(12-10-17)13-15-5-7-16(23)8-6-15/h2-8,17H,9-13H2,1H3,(H,25,27). The molecule has 4 nitrogen and oxygen atoms in total. The van der Waals surface area contributed by atoms with Gasteiger partial charge in [-0.15, -0.1) is 0 Å². The molecule has 1 amide bonds. The summed E-state index contributed by atoms with van der Waals surface area (Å²) in [6.07, 6.45) is 1.74. The first-order valence-corrected chi connectivity index (χ1v) is 9.84. The van der Waals surface area contributed by atoms with Crippen LogP contribution in [0.25, 0.3) is 11.0 Å². The van der Waals surface area contributed by atoms with Crippen LogP contribution in [0.5, 0.6) is 0 Å². The summed E-state index contributed by atoms with van der Waals surface area (Å²) in [4.78, 5) is 15.0. The van der Waals surface area contributed by atoms with E-state index in [1.165, 1.54) is 11.6 Å². The van der Waals surface area contributed by atoms with E-state index in [4.69, 9.17) is 16.0 Å². The van der Waals surface area contributed by atoms with Gasteiger partial charge < -0.3 is 9.73 Å².